The van der Waals surface area contributed by atoms with E-state index in [0.717, 1.165) is 56.4 Å². The summed E-state index contributed by atoms with van der Waals surface area (Å²) in [6, 6.07) is 10.3. The molecular weight excluding hydrogens is 332 g/mol. The third-order valence-electron chi connectivity index (χ3n) is 5.19. The molecule has 0 saturated carbocycles. The maximum Gasteiger partial charge on any atom is 0.225 e. The number of amides is 1. The number of hydrogen-bond acceptors (Lipinski definition) is 5. The highest BCUT2D eigenvalue weighted by Gasteiger charge is 2.30. The van der Waals surface area contributed by atoms with Gasteiger partial charge in [-0.3, -0.25) is 4.79 Å². The molecule has 1 aromatic carbocycles. The van der Waals surface area contributed by atoms with E-state index < -0.39 is 0 Å². The fourth-order valence-corrected chi connectivity index (χ4v) is 4.47. The van der Waals surface area contributed by atoms with Gasteiger partial charge in [-0.15, -0.1) is 0 Å². The Hall–Kier alpha value is -1.95. The molecule has 2 fully saturated rings. The van der Waals surface area contributed by atoms with Crippen molar-refractivity contribution in [2.75, 3.05) is 31.1 Å². The van der Waals surface area contributed by atoms with Gasteiger partial charge in [0.15, 0.2) is 0 Å². The maximum absolute atomic E-state index is 12.5. The monoisotopic (exact) mass is 356 g/mol. The molecular formula is C19H24N4OS. The minimum atomic E-state index is 0.200. The standard InChI is InChI=1S/C19H24N4OS/c24-18(22-10-4-5-11-22)16-8-12-23(13-9-16)19-20-17(21-25-19)14-15-6-2-1-3-7-15/h1-3,6-7,16H,4-5,8-14H2. The Bertz CT molecular complexity index is 703. The molecule has 1 amide bonds. The average molecular weight is 356 g/mol. The molecule has 5 nitrogen and oxygen atoms in total. The summed E-state index contributed by atoms with van der Waals surface area (Å²) in [4.78, 5) is 21.6. The summed E-state index contributed by atoms with van der Waals surface area (Å²) in [7, 11) is 0. The second-order valence-corrected chi connectivity index (χ2v) is 7.68. The predicted molar refractivity (Wildman–Crippen MR) is 99.9 cm³/mol. The highest BCUT2D eigenvalue weighted by Crippen LogP contribution is 2.27. The summed E-state index contributed by atoms with van der Waals surface area (Å²) in [5.41, 5.74) is 1.24. The lowest BCUT2D eigenvalue weighted by molar-refractivity contribution is -0.135. The Labute approximate surface area is 152 Å². The van der Waals surface area contributed by atoms with E-state index in [1.807, 2.05) is 18.2 Å². The number of anilines is 1. The summed E-state index contributed by atoms with van der Waals surface area (Å²) in [6.07, 6.45) is 4.98. The van der Waals surface area contributed by atoms with Crippen LogP contribution in [0.1, 0.15) is 37.1 Å². The second kappa shape index (κ2) is 7.52. The Balaban J connectivity index is 1.32. The average Bonchev–Trinajstić information content (AvgIpc) is 3.34. The van der Waals surface area contributed by atoms with Crippen molar-refractivity contribution >= 4 is 22.6 Å². The van der Waals surface area contributed by atoms with Crippen LogP contribution in [-0.2, 0) is 11.2 Å². The highest BCUT2D eigenvalue weighted by molar-refractivity contribution is 7.09. The third-order valence-corrected chi connectivity index (χ3v) is 6.01. The number of nitrogens with zero attached hydrogens (tertiary/aromatic N) is 4. The lowest BCUT2D eigenvalue weighted by atomic mass is 9.95. The van der Waals surface area contributed by atoms with E-state index in [1.165, 1.54) is 29.9 Å². The predicted octanol–water partition coefficient (Wildman–Crippen LogP) is 2.97. The van der Waals surface area contributed by atoms with E-state index in [2.05, 4.69) is 26.3 Å². The van der Waals surface area contributed by atoms with Crippen molar-refractivity contribution < 1.29 is 4.79 Å². The molecule has 0 atom stereocenters. The van der Waals surface area contributed by atoms with Crippen molar-refractivity contribution in [3.8, 4) is 0 Å². The number of likely N-dealkylation sites (tertiary alicyclic amines) is 1. The number of hydrogen-bond donors (Lipinski definition) is 0. The molecule has 0 unspecified atom stereocenters. The van der Waals surface area contributed by atoms with Crippen LogP contribution in [0.3, 0.4) is 0 Å². The van der Waals surface area contributed by atoms with Crippen molar-refractivity contribution in [2.24, 2.45) is 5.92 Å². The number of piperidine rings is 1. The van der Waals surface area contributed by atoms with Crippen LogP contribution in [0.5, 0.6) is 0 Å². The van der Waals surface area contributed by atoms with Crippen LogP contribution in [0.25, 0.3) is 0 Å². The van der Waals surface area contributed by atoms with Crippen molar-refractivity contribution in [1.29, 1.82) is 0 Å². The zero-order valence-electron chi connectivity index (χ0n) is 14.4. The van der Waals surface area contributed by atoms with E-state index in [9.17, 15) is 4.79 Å². The number of benzene rings is 1. The van der Waals surface area contributed by atoms with E-state index in [-0.39, 0.29) is 5.92 Å². The molecule has 2 aliphatic rings. The van der Waals surface area contributed by atoms with Crippen LogP contribution in [0.2, 0.25) is 0 Å². The van der Waals surface area contributed by atoms with Gasteiger partial charge in [-0.2, -0.15) is 4.37 Å². The van der Waals surface area contributed by atoms with Gasteiger partial charge < -0.3 is 9.80 Å². The summed E-state index contributed by atoms with van der Waals surface area (Å²) in [5, 5.41) is 0.998. The molecule has 25 heavy (non-hydrogen) atoms. The molecule has 0 spiro atoms. The van der Waals surface area contributed by atoms with Gasteiger partial charge in [0, 0.05) is 50.1 Å². The van der Waals surface area contributed by atoms with E-state index in [1.54, 1.807) is 0 Å². The number of carbonyl (C=O) groups is 1. The van der Waals surface area contributed by atoms with E-state index in [0.29, 0.717) is 5.91 Å². The van der Waals surface area contributed by atoms with Crippen LogP contribution in [0, 0.1) is 5.92 Å². The smallest absolute Gasteiger partial charge is 0.225 e. The van der Waals surface area contributed by atoms with Crippen LogP contribution >= 0.6 is 11.5 Å². The van der Waals surface area contributed by atoms with Crippen molar-refractivity contribution in [1.82, 2.24) is 14.3 Å². The number of aromatic nitrogens is 2. The summed E-state index contributed by atoms with van der Waals surface area (Å²) in [6.45, 7) is 3.73. The van der Waals surface area contributed by atoms with Crippen molar-refractivity contribution in [2.45, 2.75) is 32.1 Å². The van der Waals surface area contributed by atoms with Gasteiger partial charge in [0.25, 0.3) is 0 Å². The first kappa shape index (κ1) is 16.5. The molecule has 2 aromatic rings. The fraction of sp³-hybridized carbons (Fsp3) is 0.526. The van der Waals surface area contributed by atoms with Gasteiger partial charge in [-0.05, 0) is 31.2 Å². The quantitative estimate of drug-likeness (QED) is 0.845. The third kappa shape index (κ3) is 3.84. The Morgan fingerprint density at radius 1 is 1.08 bits per heavy atom. The molecule has 0 N–H and O–H groups in total. The fourth-order valence-electron chi connectivity index (χ4n) is 3.74. The zero-order chi connectivity index (χ0) is 17.1. The molecule has 4 rings (SSSR count). The highest BCUT2D eigenvalue weighted by atomic mass is 32.1. The zero-order valence-corrected chi connectivity index (χ0v) is 15.2. The van der Waals surface area contributed by atoms with E-state index >= 15 is 0 Å². The molecule has 2 saturated heterocycles. The largest absolute Gasteiger partial charge is 0.347 e. The lowest BCUT2D eigenvalue weighted by Gasteiger charge is -2.32. The maximum atomic E-state index is 12.5. The first-order valence-corrected chi connectivity index (χ1v) is 9.97. The van der Waals surface area contributed by atoms with Crippen LogP contribution in [0.4, 0.5) is 5.13 Å². The molecule has 1 aromatic heterocycles. The number of rotatable bonds is 4. The minimum Gasteiger partial charge on any atom is -0.347 e. The second-order valence-electron chi connectivity index (χ2n) is 6.95. The Morgan fingerprint density at radius 3 is 2.52 bits per heavy atom. The molecule has 0 aliphatic carbocycles. The molecule has 0 radical (unpaired) electrons. The molecule has 132 valence electrons. The number of carbonyl (C=O) groups excluding carboxylic acids is 1. The van der Waals surface area contributed by atoms with Crippen LogP contribution in [-0.4, -0.2) is 46.3 Å². The summed E-state index contributed by atoms with van der Waals surface area (Å²) in [5.74, 6) is 1.46. The summed E-state index contributed by atoms with van der Waals surface area (Å²) < 4.78 is 4.52. The van der Waals surface area contributed by atoms with E-state index in [4.69, 9.17) is 4.98 Å². The van der Waals surface area contributed by atoms with Crippen LogP contribution < -0.4 is 4.90 Å². The summed E-state index contributed by atoms with van der Waals surface area (Å²) >= 11 is 1.48. The lowest BCUT2D eigenvalue weighted by Crippen LogP contribution is -2.41. The van der Waals surface area contributed by atoms with Crippen molar-refractivity contribution in [3.63, 3.8) is 0 Å². The van der Waals surface area contributed by atoms with Gasteiger partial charge in [-0.25, -0.2) is 4.98 Å². The van der Waals surface area contributed by atoms with Crippen LogP contribution in [0.15, 0.2) is 30.3 Å². The molecule has 6 heteroatoms. The molecule has 3 heterocycles. The first-order chi connectivity index (χ1) is 12.3. The Morgan fingerprint density at radius 2 is 1.80 bits per heavy atom. The van der Waals surface area contributed by atoms with Gasteiger partial charge in [0.05, 0.1) is 0 Å². The molecule has 2 aliphatic heterocycles. The van der Waals surface area contributed by atoms with Crippen molar-refractivity contribution in [3.05, 3.63) is 41.7 Å². The molecule has 0 bridgehead atoms. The van der Waals surface area contributed by atoms with Gasteiger partial charge in [0.1, 0.15) is 5.82 Å². The van der Waals surface area contributed by atoms with Gasteiger partial charge >= 0.3 is 0 Å². The SMILES string of the molecule is O=C(C1CCN(c2nc(Cc3ccccc3)ns2)CC1)N1CCCC1. The minimum absolute atomic E-state index is 0.200. The van der Waals surface area contributed by atoms with Gasteiger partial charge in [0.2, 0.25) is 11.0 Å². The normalized spacial score (nSPS) is 18.7. The van der Waals surface area contributed by atoms with Gasteiger partial charge in [-0.1, -0.05) is 30.3 Å². The topological polar surface area (TPSA) is 49.3 Å². The Kier molecular flexibility index (Phi) is 4.97. The first-order valence-electron chi connectivity index (χ1n) is 9.20.